The van der Waals surface area contributed by atoms with Gasteiger partial charge in [0.15, 0.2) is 5.54 Å². The first-order valence-corrected chi connectivity index (χ1v) is 7.41. The molecular formula is C15H13ClINO2. The molecule has 104 valence electrons. The smallest absolute Gasteiger partial charge is 0.333 e. The first kappa shape index (κ1) is 15.1. The lowest BCUT2D eigenvalue weighted by Gasteiger charge is -2.28. The number of aliphatic carboxylic acids is 1. The van der Waals surface area contributed by atoms with E-state index >= 15 is 0 Å². The topological polar surface area (TPSA) is 49.3 Å². The van der Waals surface area contributed by atoms with Crippen LogP contribution in [0.2, 0.25) is 5.02 Å². The van der Waals surface area contributed by atoms with E-state index in [9.17, 15) is 9.90 Å². The average Bonchev–Trinajstić information content (AvgIpc) is 2.42. The number of benzene rings is 2. The van der Waals surface area contributed by atoms with Gasteiger partial charge in [-0.1, -0.05) is 35.9 Å². The van der Waals surface area contributed by atoms with Crippen molar-refractivity contribution in [2.75, 3.05) is 5.32 Å². The van der Waals surface area contributed by atoms with Gasteiger partial charge in [0, 0.05) is 3.57 Å². The second-order valence-electron chi connectivity index (χ2n) is 4.54. The van der Waals surface area contributed by atoms with E-state index in [4.69, 9.17) is 11.6 Å². The highest BCUT2D eigenvalue weighted by molar-refractivity contribution is 14.1. The van der Waals surface area contributed by atoms with Gasteiger partial charge in [0.2, 0.25) is 0 Å². The van der Waals surface area contributed by atoms with Crippen LogP contribution in [0.15, 0.2) is 48.5 Å². The molecule has 0 aliphatic carbocycles. The zero-order valence-corrected chi connectivity index (χ0v) is 13.6. The van der Waals surface area contributed by atoms with Crippen molar-refractivity contribution in [2.45, 2.75) is 12.5 Å². The van der Waals surface area contributed by atoms with Gasteiger partial charge in [0.25, 0.3) is 0 Å². The summed E-state index contributed by atoms with van der Waals surface area (Å²) >= 11 is 8.27. The molecule has 0 spiro atoms. The normalized spacial score (nSPS) is 13.6. The van der Waals surface area contributed by atoms with E-state index in [0.717, 1.165) is 3.57 Å². The number of hydrogen-bond acceptors (Lipinski definition) is 2. The molecule has 20 heavy (non-hydrogen) atoms. The minimum Gasteiger partial charge on any atom is -0.479 e. The third-order valence-electron chi connectivity index (χ3n) is 3.11. The Morgan fingerprint density at radius 1 is 1.20 bits per heavy atom. The fraction of sp³-hybridized carbons (Fsp3) is 0.133. The lowest BCUT2D eigenvalue weighted by atomic mass is 9.91. The molecule has 5 heteroatoms. The maximum Gasteiger partial charge on any atom is 0.333 e. The van der Waals surface area contributed by atoms with Crippen molar-refractivity contribution in [3.05, 3.63) is 62.7 Å². The summed E-state index contributed by atoms with van der Waals surface area (Å²) in [5.41, 5.74) is 0.0259. The summed E-state index contributed by atoms with van der Waals surface area (Å²) in [5.74, 6) is -0.960. The van der Waals surface area contributed by atoms with E-state index in [2.05, 4.69) is 27.9 Å². The van der Waals surface area contributed by atoms with Crippen molar-refractivity contribution < 1.29 is 9.90 Å². The number of carboxylic acids is 1. The molecular weight excluding hydrogens is 389 g/mol. The van der Waals surface area contributed by atoms with Crippen LogP contribution in [0.1, 0.15) is 12.5 Å². The number of para-hydroxylation sites is 1. The second kappa shape index (κ2) is 6.01. The minimum atomic E-state index is -1.24. The Labute approximate surface area is 136 Å². The molecule has 1 atom stereocenters. The Bertz CT molecular complexity index is 630. The summed E-state index contributed by atoms with van der Waals surface area (Å²) in [4.78, 5) is 11.7. The molecule has 2 rings (SSSR count). The molecule has 0 saturated carbocycles. The van der Waals surface area contributed by atoms with E-state index in [1.165, 1.54) is 0 Å². The van der Waals surface area contributed by atoms with Crippen LogP contribution in [0.25, 0.3) is 0 Å². The highest BCUT2D eigenvalue weighted by Crippen LogP contribution is 2.30. The van der Waals surface area contributed by atoms with E-state index < -0.39 is 11.5 Å². The van der Waals surface area contributed by atoms with Gasteiger partial charge in [-0.2, -0.15) is 0 Å². The van der Waals surface area contributed by atoms with Crippen LogP contribution < -0.4 is 5.32 Å². The SMILES string of the molecule is CC(Nc1ccccc1Cl)(C(=O)O)c1ccc(I)cc1. The van der Waals surface area contributed by atoms with Crippen LogP contribution in [-0.4, -0.2) is 11.1 Å². The molecule has 0 aromatic heterocycles. The number of nitrogens with one attached hydrogen (secondary N) is 1. The number of anilines is 1. The van der Waals surface area contributed by atoms with Crippen LogP contribution in [0.4, 0.5) is 5.69 Å². The third-order valence-corrected chi connectivity index (χ3v) is 4.16. The molecule has 3 nitrogen and oxygen atoms in total. The Morgan fingerprint density at radius 2 is 1.80 bits per heavy atom. The summed E-state index contributed by atoms with van der Waals surface area (Å²) in [6, 6.07) is 14.5. The maximum atomic E-state index is 11.7. The Hall–Kier alpha value is -1.27. The molecule has 2 aromatic rings. The quantitative estimate of drug-likeness (QED) is 0.749. The summed E-state index contributed by atoms with van der Waals surface area (Å²) in [6.07, 6.45) is 0. The van der Waals surface area contributed by atoms with Crippen molar-refractivity contribution in [3.8, 4) is 0 Å². The zero-order chi connectivity index (χ0) is 14.8. The van der Waals surface area contributed by atoms with Gasteiger partial charge in [0.1, 0.15) is 0 Å². The number of rotatable bonds is 4. The van der Waals surface area contributed by atoms with Crippen LogP contribution >= 0.6 is 34.2 Å². The van der Waals surface area contributed by atoms with Crippen molar-refractivity contribution in [1.29, 1.82) is 0 Å². The molecule has 0 bridgehead atoms. The Balaban J connectivity index is 2.43. The van der Waals surface area contributed by atoms with Crippen LogP contribution in [0.5, 0.6) is 0 Å². The predicted molar refractivity (Wildman–Crippen MR) is 89.2 cm³/mol. The zero-order valence-electron chi connectivity index (χ0n) is 10.7. The largest absolute Gasteiger partial charge is 0.479 e. The number of halogens is 2. The summed E-state index contributed by atoms with van der Waals surface area (Å²) < 4.78 is 1.05. The second-order valence-corrected chi connectivity index (χ2v) is 6.19. The number of carboxylic acid groups (broad SMARTS) is 1. The van der Waals surface area contributed by atoms with E-state index in [1.54, 1.807) is 37.3 Å². The van der Waals surface area contributed by atoms with Crippen LogP contribution in [0, 0.1) is 3.57 Å². The van der Waals surface area contributed by atoms with E-state index in [-0.39, 0.29) is 0 Å². The Morgan fingerprint density at radius 3 is 2.35 bits per heavy atom. The molecule has 0 aliphatic heterocycles. The summed E-state index contributed by atoms with van der Waals surface area (Å²) in [5, 5.41) is 13.1. The van der Waals surface area contributed by atoms with Crippen molar-refractivity contribution in [2.24, 2.45) is 0 Å². The van der Waals surface area contributed by atoms with Crippen molar-refractivity contribution >= 4 is 45.8 Å². The minimum absolute atomic E-state index is 0.491. The van der Waals surface area contributed by atoms with Gasteiger partial charge in [-0.3, -0.25) is 0 Å². The third kappa shape index (κ3) is 3.07. The van der Waals surface area contributed by atoms with E-state index in [0.29, 0.717) is 16.3 Å². The molecule has 0 saturated heterocycles. The average molecular weight is 402 g/mol. The van der Waals surface area contributed by atoms with Gasteiger partial charge in [0.05, 0.1) is 10.7 Å². The molecule has 2 aromatic carbocycles. The van der Waals surface area contributed by atoms with Gasteiger partial charge >= 0.3 is 5.97 Å². The van der Waals surface area contributed by atoms with Gasteiger partial charge in [-0.05, 0) is 59.3 Å². The van der Waals surface area contributed by atoms with Crippen molar-refractivity contribution in [3.63, 3.8) is 0 Å². The molecule has 2 N–H and O–H groups in total. The van der Waals surface area contributed by atoms with Crippen molar-refractivity contribution in [1.82, 2.24) is 0 Å². The standard InChI is InChI=1S/C15H13ClINO2/c1-15(14(19)20,10-6-8-11(17)9-7-10)18-13-5-3-2-4-12(13)16/h2-9,18H,1H3,(H,19,20). The lowest BCUT2D eigenvalue weighted by molar-refractivity contribution is -0.142. The monoisotopic (exact) mass is 401 g/mol. The first-order valence-electron chi connectivity index (χ1n) is 5.95. The molecule has 0 heterocycles. The predicted octanol–water partition coefficient (Wildman–Crippen LogP) is 4.36. The van der Waals surface area contributed by atoms with Gasteiger partial charge in [-0.25, -0.2) is 4.79 Å². The lowest BCUT2D eigenvalue weighted by Crippen LogP contribution is -2.40. The highest BCUT2D eigenvalue weighted by Gasteiger charge is 2.35. The van der Waals surface area contributed by atoms with E-state index in [1.807, 2.05) is 18.2 Å². The summed E-state index contributed by atoms with van der Waals surface area (Å²) in [7, 11) is 0. The Kier molecular flexibility index (Phi) is 4.55. The molecule has 0 amide bonds. The maximum absolute atomic E-state index is 11.7. The van der Waals surface area contributed by atoms with Gasteiger partial charge in [-0.15, -0.1) is 0 Å². The summed E-state index contributed by atoms with van der Waals surface area (Å²) in [6.45, 7) is 1.63. The number of carbonyl (C=O) groups is 1. The molecule has 0 fully saturated rings. The molecule has 1 unspecified atom stereocenters. The van der Waals surface area contributed by atoms with Crippen LogP contribution in [-0.2, 0) is 10.3 Å². The fourth-order valence-corrected chi connectivity index (χ4v) is 2.41. The van der Waals surface area contributed by atoms with Gasteiger partial charge < -0.3 is 10.4 Å². The molecule has 0 aliphatic rings. The number of hydrogen-bond donors (Lipinski definition) is 2. The highest BCUT2D eigenvalue weighted by atomic mass is 127. The van der Waals surface area contributed by atoms with Crippen LogP contribution in [0.3, 0.4) is 0 Å². The molecule has 0 radical (unpaired) electrons. The first-order chi connectivity index (χ1) is 9.43. The fourth-order valence-electron chi connectivity index (χ4n) is 1.86.